The maximum Gasteiger partial charge on any atom is 0.137 e. The Kier molecular flexibility index (Phi) is 2.08. The zero-order valence-corrected chi connectivity index (χ0v) is 7.67. The lowest BCUT2D eigenvalue weighted by Crippen LogP contribution is -2.19. The molecule has 14 heavy (non-hydrogen) atoms. The number of hydrogen-bond acceptors (Lipinski definition) is 3. The zero-order chi connectivity index (χ0) is 10.1. The third-order valence-electron chi connectivity index (χ3n) is 2.53. The van der Waals surface area contributed by atoms with Crippen molar-refractivity contribution in [2.24, 2.45) is 0 Å². The molecule has 0 saturated carbocycles. The molecule has 72 valence electrons. The summed E-state index contributed by atoms with van der Waals surface area (Å²) < 4.78 is 0. The number of benzene rings is 1. The fourth-order valence-corrected chi connectivity index (χ4v) is 1.75. The van der Waals surface area contributed by atoms with Gasteiger partial charge >= 0.3 is 0 Å². The molecule has 1 aromatic carbocycles. The minimum Gasteiger partial charge on any atom is -0.859 e. The molecule has 0 heterocycles. The summed E-state index contributed by atoms with van der Waals surface area (Å²) in [5.74, 6) is -0.410. The van der Waals surface area contributed by atoms with Gasteiger partial charge < -0.3 is 10.5 Å². The van der Waals surface area contributed by atoms with E-state index in [2.05, 4.69) is 0 Å². The minimum atomic E-state index is -0.662. The summed E-state index contributed by atoms with van der Waals surface area (Å²) in [6, 6.07) is 5.14. The second-order valence-corrected chi connectivity index (χ2v) is 3.53. The van der Waals surface area contributed by atoms with E-state index in [1.807, 2.05) is 0 Å². The monoisotopic (exact) mass is 188 g/mol. The molecular formula is C11H10NO2-. The highest BCUT2D eigenvalue weighted by Gasteiger charge is 2.15. The van der Waals surface area contributed by atoms with Crippen LogP contribution in [0, 0.1) is 5.41 Å². The molecule has 0 radical (unpaired) electrons. The van der Waals surface area contributed by atoms with Gasteiger partial charge in [0.1, 0.15) is 5.78 Å². The highest BCUT2D eigenvalue weighted by molar-refractivity contribution is 5.89. The number of nitrogens with one attached hydrogen (secondary N) is 1. The Morgan fingerprint density at radius 1 is 1.29 bits per heavy atom. The predicted molar refractivity (Wildman–Crippen MR) is 50.3 cm³/mol. The first-order valence-electron chi connectivity index (χ1n) is 4.56. The highest BCUT2D eigenvalue weighted by Crippen LogP contribution is 2.20. The standard InChI is InChI=1S/C11H11NO2/c12-11(14)9-2-1-8-6-10(13)4-3-7(8)5-9/h1-2,5H,3-4,6H2,(H2,12,14)/p-1. The number of rotatable bonds is 1. The van der Waals surface area contributed by atoms with E-state index in [0.717, 1.165) is 11.1 Å². The van der Waals surface area contributed by atoms with Crippen molar-refractivity contribution in [3.05, 3.63) is 34.9 Å². The Labute approximate surface area is 81.9 Å². The molecule has 0 spiro atoms. The van der Waals surface area contributed by atoms with Crippen LogP contribution in [0.25, 0.3) is 0 Å². The van der Waals surface area contributed by atoms with Crippen molar-refractivity contribution in [1.82, 2.24) is 0 Å². The average Bonchev–Trinajstić information content (AvgIpc) is 2.16. The van der Waals surface area contributed by atoms with Gasteiger partial charge in [0.2, 0.25) is 0 Å². The Morgan fingerprint density at radius 2 is 2.07 bits per heavy atom. The second kappa shape index (κ2) is 3.25. The van der Waals surface area contributed by atoms with Crippen LogP contribution < -0.4 is 5.11 Å². The van der Waals surface area contributed by atoms with E-state index in [9.17, 15) is 9.90 Å². The molecule has 2 rings (SSSR count). The summed E-state index contributed by atoms with van der Waals surface area (Å²) >= 11 is 0. The van der Waals surface area contributed by atoms with Crippen LogP contribution in [0.4, 0.5) is 0 Å². The first-order chi connectivity index (χ1) is 6.66. The minimum absolute atomic E-state index is 0.252. The summed E-state index contributed by atoms with van der Waals surface area (Å²) in [5.41, 5.74) is 2.46. The number of ketones is 1. The summed E-state index contributed by atoms with van der Waals surface area (Å²) in [6.45, 7) is 0. The number of Topliss-reactive ketones (excluding diaryl/α,β-unsaturated/α-hetero) is 1. The summed E-state index contributed by atoms with van der Waals surface area (Å²) in [7, 11) is 0. The first-order valence-corrected chi connectivity index (χ1v) is 4.56. The van der Waals surface area contributed by atoms with Crippen molar-refractivity contribution in [2.45, 2.75) is 19.3 Å². The molecule has 0 unspecified atom stereocenters. The molecule has 1 aliphatic rings. The molecular weight excluding hydrogens is 178 g/mol. The Balaban J connectivity index is 2.41. The van der Waals surface area contributed by atoms with Crippen LogP contribution >= 0.6 is 0 Å². The quantitative estimate of drug-likeness (QED) is 0.513. The van der Waals surface area contributed by atoms with Gasteiger partial charge in [0, 0.05) is 12.8 Å². The Morgan fingerprint density at radius 3 is 2.79 bits per heavy atom. The molecule has 3 nitrogen and oxygen atoms in total. The highest BCUT2D eigenvalue weighted by atomic mass is 16.3. The summed E-state index contributed by atoms with van der Waals surface area (Å²) in [6.07, 6.45) is 1.74. The van der Waals surface area contributed by atoms with Gasteiger partial charge in [-0.15, -0.1) is 0 Å². The lowest BCUT2D eigenvalue weighted by molar-refractivity contribution is -0.214. The first kappa shape index (κ1) is 8.94. The van der Waals surface area contributed by atoms with Crippen LogP contribution in [0.2, 0.25) is 0 Å². The van der Waals surface area contributed by atoms with E-state index < -0.39 is 5.90 Å². The van der Waals surface area contributed by atoms with Gasteiger partial charge in [0.15, 0.2) is 0 Å². The van der Waals surface area contributed by atoms with Crippen molar-refractivity contribution >= 4 is 11.7 Å². The fourth-order valence-electron chi connectivity index (χ4n) is 1.75. The number of hydrogen-bond donors (Lipinski definition) is 1. The third-order valence-corrected chi connectivity index (χ3v) is 2.53. The SMILES string of the molecule is N=C([O-])c1ccc2c(c1)CCC(=O)C2. The molecule has 0 bridgehead atoms. The maximum atomic E-state index is 11.1. The van der Waals surface area contributed by atoms with E-state index in [0.29, 0.717) is 24.8 Å². The van der Waals surface area contributed by atoms with Crippen LogP contribution in [0.15, 0.2) is 18.2 Å². The van der Waals surface area contributed by atoms with Crippen molar-refractivity contribution in [1.29, 1.82) is 5.41 Å². The molecule has 0 fully saturated rings. The van der Waals surface area contributed by atoms with Crippen LogP contribution in [0.1, 0.15) is 23.1 Å². The van der Waals surface area contributed by atoms with Gasteiger partial charge in [-0.2, -0.15) is 0 Å². The van der Waals surface area contributed by atoms with Gasteiger partial charge in [-0.1, -0.05) is 18.2 Å². The van der Waals surface area contributed by atoms with Gasteiger partial charge in [-0.05, 0) is 29.0 Å². The largest absolute Gasteiger partial charge is 0.859 e. The van der Waals surface area contributed by atoms with Crippen molar-refractivity contribution in [2.75, 3.05) is 0 Å². The maximum absolute atomic E-state index is 11.1. The molecule has 1 aromatic rings. The number of fused-ring (bicyclic) bond motifs is 1. The smallest absolute Gasteiger partial charge is 0.137 e. The van der Waals surface area contributed by atoms with E-state index in [1.54, 1.807) is 18.2 Å². The average molecular weight is 188 g/mol. The normalized spacial score (nSPS) is 15.0. The Hall–Kier alpha value is -1.64. The molecule has 0 amide bonds. The number of aryl methyl sites for hydroxylation is 1. The third kappa shape index (κ3) is 1.53. The van der Waals surface area contributed by atoms with Gasteiger partial charge in [-0.25, -0.2) is 0 Å². The Bertz CT molecular complexity index is 410. The molecule has 0 saturated heterocycles. The molecule has 1 aliphatic carbocycles. The summed E-state index contributed by atoms with van der Waals surface area (Å²) in [4.78, 5) is 11.1. The number of carbonyl (C=O) groups excluding carboxylic acids is 1. The second-order valence-electron chi connectivity index (χ2n) is 3.53. The lowest BCUT2D eigenvalue weighted by atomic mass is 9.89. The van der Waals surface area contributed by atoms with E-state index in [1.165, 1.54) is 0 Å². The topological polar surface area (TPSA) is 64.0 Å². The van der Waals surface area contributed by atoms with Crippen LogP contribution in [0.5, 0.6) is 0 Å². The number of carbonyl (C=O) groups is 1. The van der Waals surface area contributed by atoms with Gasteiger partial charge in [0.25, 0.3) is 0 Å². The molecule has 0 atom stereocenters. The van der Waals surface area contributed by atoms with E-state index in [-0.39, 0.29) is 5.78 Å². The van der Waals surface area contributed by atoms with Crippen molar-refractivity contribution in [3.63, 3.8) is 0 Å². The fraction of sp³-hybridized carbons (Fsp3) is 0.273. The van der Waals surface area contributed by atoms with Crippen LogP contribution in [0.3, 0.4) is 0 Å². The molecule has 1 N–H and O–H groups in total. The van der Waals surface area contributed by atoms with Crippen LogP contribution in [-0.4, -0.2) is 11.7 Å². The zero-order valence-electron chi connectivity index (χ0n) is 7.67. The van der Waals surface area contributed by atoms with Crippen molar-refractivity contribution < 1.29 is 9.90 Å². The van der Waals surface area contributed by atoms with Crippen LogP contribution in [-0.2, 0) is 17.6 Å². The van der Waals surface area contributed by atoms with E-state index in [4.69, 9.17) is 5.41 Å². The van der Waals surface area contributed by atoms with Gasteiger partial charge in [-0.3, -0.25) is 4.79 Å². The molecule has 0 aromatic heterocycles. The molecule has 3 heteroatoms. The summed E-state index contributed by atoms with van der Waals surface area (Å²) in [5, 5.41) is 17.8. The van der Waals surface area contributed by atoms with Gasteiger partial charge in [0.05, 0.1) is 0 Å². The van der Waals surface area contributed by atoms with Crippen molar-refractivity contribution in [3.8, 4) is 0 Å². The predicted octanol–water partition coefficient (Wildman–Crippen LogP) is 0.430. The molecule has 0 aliphatic heterocycles. The van der Waals surface area contributed by atoms with E-state index >= 15 is 0 Å². The lowest BCUT2D eigenvalue weighted by Gasteiger charge is -2.17.